The highest BCUT2D eigenvalue weighted by atomic mass is 32.2. The van der Waals surface area contributed by atoms with Gasteiger partial charge in [0.05, 0.1) is 23.3 Å². The van der Waals surface area contributed by atoms with E-state index in [0.29, 0.717) is 0 Å². The van der Waals surface area contributed by atoms with Crippen molar-refractivity contribution in [3.05, 3.63) is 28.3 Å². The molecule has 1 saturated heterocycles. The summed E-state index contributed by atoms with van der Waals surface area (Å²) in [4.78, 5) is 45.2. The number of nitrogens with zero attached hydrogens (tertiary/aromatic N) is 1. The van der Waals surface area contributed by atoms with Gasteiger partial charge in [0.15, 0.2) is 0 Å². The Bertz CT molecular complexity index is 724. The molecule has 0 unspecified atom stereocenters. The molecule has 0 bridgehead atoms. The molecule has 0 aromatic heterocycles. The van der Waals surface area contributed by atoms with Crippen LogP contribution in [0.3, 0.4) is 0 Å². The van der Waals surface area contributed by atoms with Gasteiger partial charge in [-0.15, -0.1) is 11.8 Å². The third-order valence-electron chi connectivity index (χ3n) is 3.42. The first-order valence-electron chi connectivity index (χ1n) is 7.09. The van der Waals surface area contributed by atoms with Crippen molar-refractivity contribution in [3.8, 4) is 5.75 Å². The molecular formula is C14H15N3O7S. The average Bonchev–Trinajstić information content (AvgIpc) is 2.56. The lowest BCUT2D eigenvalue weighted by atomic mass is 10.2. The van der Waals surface area contributed by atoms with Crippen LogP contribution in [0.4, 0.5) is 11.4 Å². The third kappa shape index (κ3) is 4.59. The standard InChI is InChI=1S/C14H15N3O7S/c1-24-7-2-3-8(10(4-7)17(22)23)15-12(18)5-11-13(19)16-9(6-25-11)14(20)21/h2-4,9,11H,5-6H2,1H3,(H,15,18)(H,16,19)(H,20,21)/t9-,11+/m0/s1. The zero-order valence-corrected chi connectivity index (χ0v) is 13.9. The number of carbonyl (C=O) groups is 3. The molecule has 0 aliphatic carbocycles. The number of thioether (sulfide) groups is 1. The third-order valence-corrected chi connectivity index (χ3v) is 4.73. The molecule has 1 aliphatic heterocycles. The summed E-state index contributed by atoms with van der Waals surface area (Å²) in [6.45, 7) is 0. The number of hydrogen-bond donors (Lipinski definition) is 3. The smallest absolute Gasteiger partial charge is 0.327 e. The van der Waals surface area contributed by atoms with E-state index in [-0.39, 0.29) is 29.3 Å². The molecule has 1 aromatic carbocycles. The Morgan fingerprint density at radius 1 is 1.52 bits per heavy atom. The summed E-state index contributed by atoms with van der Waals surface area (Å²) in [5.74, 6) is -1.87. The Morgan fingerprint density at radius 2 is 2.24 bits per heavy atom. The summed E-state index contributed by atoms with van der Waals surface area (Å²) in [6, 6.07) is 2.99. The first-order valence-corrected chi connectivity index (χ1v) is 8.13. The van der Waals surface area contributed by atoms with Crippen molar-refractivity contribution in [3.63, 3.8) is 0 Å². The van der Waals surface area contributed by atoms with E-state index in [2.05, 4.69) is 10.6 Å². The monoisotopic (exact) mass is 369 g/mol. The number of carboxylic acids is 1. The number of methoxy groups -OCH3 is 1. The highest BCUT2D eigenvalue weighted by Crippen LogP contribution is 2.29. The lowest BCUT2D eigenvalue weighted by Crippen LogP contribution is -2.51. The summed E-state index contributed by atoms with van der Waals surface area (Å²) < 4.78 is 4.91. The summed E-state index contributed by atoms with van der Waals surface area (Å²) >= 11 is 1.06. The highest BCUT2D eigenvalue weighted by Gasteiger charge is 2.33. The van der Waals surface area contributed by atoms with Gasteiger partial charge in [-0.2, -0.15) is 0 Å². The zero-order valence-electron chi connectivity index (χ0n) is 13.1. The first-order chi connectivity index (χ1) is 11.8. The first kappa shape index (κ1) is 18.5. The van der Waals surface area contributed by atoms with Gasteiger partial charge in [0, 0.05) is 12.2 Å². The van der Waals surface area contributed by atoms with Gasteiger partial charge in [-0.3, -0.25) is 19.7 Å². The van der Waals surface area contributed by atoms with Crippen LogP contribution in [0.15, 0.2) is 18.2 Å². The highest BCUT2D eigenvalue weighted by molar-refractivity contribution is 8.00. The second-order valence-electron chi connectivity index (χ2n) is 5.11. The number of nitro groups is 1. The van der Waals surface area contributed by atoms with E-state index in [1.54, 1.807) is 0 Å². The molecule has 0 spiro atoms. The van der Waals surface area contributed by atoms with E-state index in [1.807, 2.05) is 0 Å². The maximum absolute atomic E-state index is 12.1. The van der Waals surface area contributed by atoms with Crippen LogP contribution in [0.5, 0.6) is 5.75 Å². The van der Waals surface area contributed by atoms with Crippen molar-refractivity contribution >= 4 is 40.9 Å². The van der Waals surface area contributed by atoms with E-state index in [1.165, 1.54) is 25.3 Å². The van der Waals surface area contributed by atoms with Crippen LogP contribution in [0.25, 0.3) is 0 Å². The van der Waals surface area contributed by atoms with Gasteiger partial charge in [-0.05, 0) is 12.1 Å². The van der Waals surface area contributed by atoms with Crippen LogP contribution < -0.4 is 15.4 Å². The summed E-state index contributed by atoms with van der Waals surface area (Å²) in [6.07, 6.45) is -0.230. The van der Waals surface area contributed by atoms with Crippen LogP contribution in [-0.4, -0.2) is 52.0 Å². The Hall–Kier alpha value is -2.82. The Balaban J connectivity index is 2.02. The lowest BCUT2D eigenvalue weighted by molar-refractivity contribution is -0.384. The maximum Gasteiger partial charge on any atom is 0.327 e. The molecule has 2 amide bonds. The molecule has 2 rings (SSSR count). The number of benzene rings is 1. The van der Waals surface area contributed by atoms with Crippen molar-refractivity contribution in [2.45, 2.75) is 17.7 Å². The molecule has 1 aliphatic rings. The summed E-state index contributed by atoms with van der Waals surface area (Å²) in [5.41, 5.74) is -0.347. The number of nitro benzene ring substituents is 1. The molecule has 1 heterocycles. The van der Waals surface area contributed by atoms with Gasteiger partial charge in [0.2, 0.25) is 11.8 Å². The van der Waals surface area contributed by atoms with Gasteiger partial charge >= 0.3 is 5.97 Å². The second-order valence-corrected chi connectivity index (χ2v) is 6.35. The van der Waals surface area contributed by atoms with E-state index in [9.17, 15) is 24.5 Å². The van der Waals surface area contributed by atoms with E-state index >= 15 is 0 Å². The predicted molar refractivity (Wildman–Crippen MR) is 88.7 cm³/mol. The number of amides is 2. The van der Waals surface area contributed by atoms with Gasteiger partial charge in [0.25, 0.3) is 5.69 Å². The van der Waals surface area contributed by atoms with Crippen LogP contribution in [0.2, 0.25) is 0 Å². The minimum absolute atomic E-state index is 0.0135. The number of carboxylic acid groups (broad SMARTS) is 1. The normalized spacial score (nSPS) is 19.6. The van der Waals surface area contributed by atoms with Gasteiger partial charge < -0.3 is 20.5 Å². The molecule has 3 N–H and O–H groups in total. The van der Waals surface area contributed by atoms with Crippen molar-refractivity contribution in [1.82, 2.24) is 5.32 Å². The number of ether oxygens (including phenoxy) is 1. The number of anilines is 1. The van der Waals surface area contributed by atoms with Crippen molar-refractivity contribution in [2.24, 2.45) is 0 Å². The van der Waals surface area contributed by atoms with Crippen molar-refractivity contribution < 1.29 is 29.2 Å². The van der Waals surface area contributed by atoms with E-state index < -0.39 is 34.0 Å². The van der Waals surface area contributed by atoms with Gasteiger partial charge in [-0.25, -0.2) is 4.79 Å². The number of hydrogen-bond acceptors (Lipinski definition) is 7. The SMILES string of the molecule is COc1ccc(NC(=O)C[C@H]2SC[C@@H](C(=O)O)NC2=O)c([N+](=O)[O-])c1. The molecular weight excluding hydrogens is 354 g/mol. The number of aliphatic carboxylic acids is 1. The summed E-state index contributed by atoms with van der Waals surface area (Å²) in [5, 5.41) is 23.9. The Labute approximate surface area is 146 Å². The Morgan fingerprint density at radius 3 is 2.80 bits per heavy atom. The predicted octanol–water partition coefficient (Wildman–Crippen LogP) is 0.617. The molecule has 1 fully saturated rings. The summed E-state index contributed by atoms with van der Waals surface area (Å²) in [7, 11) is 1.36. The van der Waals surface area contributed by atoms with E-state index in [0.717, 1.165) is 11.8 Å². The number of rotatable bonds is 6. The fraction of sp³-hybridized carbons (Fsp3) is 0.357. The van der Waals surface area contributed by atoms with Crippen LogP contribution in [-0.2, 0) is 14.4 Å². The van der Waals surface area contributed by atoms with Crippen molar-refractivity contribution in [1.29, 1.82) is 0 Å². The minimum atomic E-state index is -1.14. The lowest BCUT2D eigenvalue weighted by Gasteiger charge is -2.25. The van der Waals surface area contributed by atoms with Gasteiger partial charge in [0.1, 0.15) is 17.5 Å². The van der Waals surface area contributed by atoms with Crippen LogP contribution >= 0.6 is 11.8 Å². The fourth-order valence-electron chi connectivity index (χ4n) is 2.14. The van der Waals surface area contributed by atoms with Gasteiger partial charge in [-0.1, -0.05) is 0 Å². The number of carbonyl (C=O) groups excluding carboxylic acids is 2. The quantitative estimate of drug-likeness (QED) is 0.488. The van der Waals surface area contributed by atoms with E-state index in [4.69, 9.17) is 9.84 Å². The molecule has 134 valence electrons. The number of nitrogens with one attached hydrogen (secondary N) is 2. The second kappa shape index (κ2) is 7.83. The molecule has 2 atom stereocenters. The topological polar surface area (TPSA) is 148 Å². The molecule has 0 radical (unpaired) electrons. The Kier molecular flexibility index (Phi) is 5.80. The molecule has 10 nitrogen and oxygen atoms in total. The fourth-order valence-corrected chi connectivity index (χ4v) is 3.28. The molecule has 11 heteroatoms. The molecule has 1 aromatic rings. The zero-order chi connectivity index (χ0) is 18.6. The van der Waals surface area contributed by atoms with Crippen LogP contribution in [0, 0.1) is 10.1 Å². The minimum Gasteiger partial charge on any atom is -0.496 e. The van der Waals surface area contributed by atoms with Crippen LogP contribution in [0.1, 0.15) is 6.42 Å². The maximum atomic E-state index is 12.1. The molecule has 0 saturated carbocycles. The van der Waals surface area contributed by atoms with Crippen molar-refractivity contribution in [2.75, 3.05) is 18.2 Å². The largest absolute Gasteiger partial charge is 0.496 e. The molecule has 25 heavy (non-hydrogen) atoms. The average molecular weight is 369 g/mol.